The Morgan fingerprint density at radius 3 is 2.91 bits per heavy atom. The molecule has 0 atom stereocenters. The van der Waals surface area contributed by atoms with Crippen LogP contribution in [0.25, 0.3) is 0 Å². The molecule has 0 saturated carbocycles. The van der Waals surface area contributed by atoms with Crippen LogP contribution in [0.15, 0.2) is 23.8 Å². The van der Waals surface area contributed by atoms with Gasteiger partial charge in [0.15, 0.2) is 0 Å². The van der Waals surface area contributed by atoms with E-state index in [-0.39, 0.29) is 5.41 Å². The van der Waals surface area contributed by atoms with E-state index in [9.17, 15) is 4.79 Å². The maximum Gasteiger partial charge on any atom is 0.124 e. The standard InChI is InChI=1S/C10H14O/c1-10(2)6-3-4-9(8-10)5-7-11/h3,6-8H,4-5H2,1-2H3. The van der Waals surface area contributed by atoms with Crippen LogP contribution >= 0.6 is 0 Å². The first kappa shape index (κ1) is 8.25. The summed E-state index contributed by atoms with van der Waals surface area (Å²) in [5, 5.41) is 0. The van der Waals surface area contributed by atoms with Gasteiger partial charge in [0.05, 0.1) is 0 Å². The van der Waals surface area contributed by atoms with Gasteiger partial charge in [-0.2, -0.15) is 0 Å². The Bertz CT molecular complexity index is 205. The first-order valence-corrected chi connectivity index (χ1v) is 3.96. The lowest BCUT2D eigenvalue weighted by molar-refractivity contribution is -0.107. The largest absolute Gasteiger partial charge is 0.303 e. The summed E-state index contributed by atoms with van der Waals surface area (Å²) in [7, 11) is 0. The Morgan fingerprint density at radius 1 is 1.64 bits per heavy atom. The molecule has 11 heavy (non-hydrogen) atoms. The third-order valence-electron chi connectivity index (χ3n) is 1.85. The number of carbonyl (C=O) groups excluding carboxylic acids is 1. The molecule has 60 valence electrons. The Labute approximate surface area is 67.8 Å². The van der Waals surface area contributed by atoms with Crippen LogP contribution in [0.2, 0.25) is 0 Å². The molecule has 0 aromatic rings. The molecule has 1 heteroatoms. The molecule has 0 amide bonds. The quantitative estimate of drug-likeness (QED) is 0.436. The highest BCUT2D eigenvalue weighted by molar-refractivity contribution is 5.55. The van der Waals surface area contributed by atoms with E-state index in [1.807, 2.05) is 0 Å². The maximum absolute atomic E-state index is 10.2. The van der Waals surface area contributed by atoms with Crippen molar-refractivity contribution in [2.75, 3.05) is 0 Å². The van der Waals surface area contributed by atoms with E-state index in [0.29, 0.717) is 6.42 Å². The van der Waals surface area contributed by atoms with Crippen LogP contribution in [-0.4, -0.2) is 6.29 Å². The predicted octanol–water partition coefficient (Wildman–Crippen LogP) is 2.49. The van der Waals surface area contributed by atoms with Gasteiger partial charge in [-0.25, -0.2) is 0 Å². The summed E-state index contributed by atoms with van der Waals surface area (Å²) >= 11 is 0. The molecule has 0 unspecified atom stereocenters. The van der Waals surface area contributed by atoms with Crippen molar-refractivity contribution in [1.82, 2.24) is 0 Å². The molecule has 0 saturated heterocycles. The molecule has 0 radical (unpaired) electrons. The molecule has 0 heterocycles. The molecule has 0 aromatic heterocycles. The molecule has 0 N–H and O–H groups in total. The van der Waals surface area contributed by atoms with Crippen molar-refractivity contribution in [2.24, 2.45) is 5.41 Å². The summed E-state index contributed by atoms with van der Waals surface area (Å²) in [6.45, 7) is 4.29. The third-order valence-corrected chi connectivity index (χ3v) is 1.85. The minimum atomic E-state index is 0.149. The highest BCUT2D eigenvalue weighted by Crippen LogP contribution is 2.27. The van der Waals surface area contributed by atoms with Gasteiger partial charge in [-0.15, -0.1) is 0 Å². The zero-order valence-corrected chi connectivity index (χ0v) is 7.13. The summed E-state index contributed by atoms with van der Waals surface area (Å²) in [6, 6.07) is 0. The molecule has 0 bridgehead atoms. The molecule has 1 aliphatic rings. The second-order valence-corrected chi connectivity index (χ2v) is 3.60. The monoisotopic (exact) mass is 150 g/mol. The second-order valence-electron chi connectivity index (χ2n) is 3.60. The van der Waals surface area contributed by atoms with Gasteiger partial charge in [-0.3, -0.25) is 0 Å². The number of hydrogen-bond donors (Lipinski definition) is 0. The minimum Gasteiger partial charge on any atom is -0.303 e. The summed E-state index contributed by atoms with van der Waals surface area (Å²) in [5.41, 5.74) is 1.39. The lowest BCUT2D eigenvalue weighted by atomic mass is 9.85. The lowest BCUT2D eigenvalue weighted by Gasteiger charge is -2.20. The average molecular weight is 150 g/mol. The SMILES string of the molecule is CC1(C)C=CCC(CC=O)=C1. The number of carbonyl (C=O) groups is 1. The summed E-state index contributed by atoms with van der Waals surface area (Å²) < 4.78 is 0. The third kappa shape index (κ3) is 2.34. The van der Waals surface area contributed by atoms with Crippen molar-refractivity contribution >= 4 is 6.29 Å². The molecule has 0 aromatic carbocycles. The van der Waals surface area contributed by atoms with E-state index in [4.69, 9.17) is 0 Å². The van der Waals surface area contributed by atoms with Crippen LogP contribution in [0.5, 0.6) is 0 Å². The Kier molecular flexibility index (Phi) is 2.28. The predicted molar refractivity (Wildman–Crippen MR) is 46.3 cm³/mol. The van der Waals surface area contributed by atoms with Crippen LogP contribution in [0.1, 0.15) is 26.7 Å². The molecule has 0 spiro atoms. The van der Waals surface area contributed by atoms with Gasteiger partial charge in [0.2, 0.25) is 0 Å². The normalized spacial score (nSPS) is 21.1. The van der Waals surface area contributed by atoms with E-state index >= 15 is 0 Å². The van der Waals surface area contributed by atoms with Crippen molar-refractivity contribution in [3.05, 3.63) is 23.8 Å². The molecule has 1 nitrogen and oxygen atoms in total. The van der Waals surface area contributed by atoms with Gasteiger partial charge < -0.3 is 4.79 Å². The first-order valence-electron chi connectivity index (χ1n) is 3.96. The fourth-order valence-electron chi connectivity index (χ4n) is 1.40. The maximum atomic E-state index is 10.2. The number of allylic oxidation sites excluding steroid dienone is 4. The molecule has 0 aliphatic heterocycles. The first-order chi connectivity index (χ1) is 5.14. The summed E-state index contributed by atoms with van der Waals surface area (Å²) in [5.74, 6) is 0. The lowest BCUT2D eigenvalue weighted by Crippen LogP contribution is -2.07. The van der Waals surface area contributed by atoms with Crippen LogP contribution < -0.4 is 0 Å². The number of hydrogen-bond acceptors (Lipinski definition) is 1. The molecule has 1 rings (SSSR count). The minimum absolute atomic E-state index is 0.149. The van der Waals surface area contributed by atoms with Gasteiger partial charge in [0, 0.05) is 11.8 Å². The molecule has 0 fully saturated rings. The van der Waals surface area contributed by atoms with Gasteiger partial charge >= 0.3 is 0 Å². The van der Waals surface area contributed by atoms with E-state index in [1.165, 1.54) is 5.57 Å². The smallest absolute Gasteiger partial charge is 0.124 e. The summed E-state index contributed by atoms with van der Waals surface area (Å²) in [4.78, 5) is 10.2. The molecule has 1 aliphatic carbocycles. The Morgan fingerprint density at radius 2 is 2.36 bits per heavy atom. The van der Waals surface area contributed by atoms with Crippen LogP contribution in [-0.2, 0) is 4.79 Å². The van der Waals surface area contributed by atoms with Crippen LogP contribution in [0.4, 0.5) is 0 Å². The fraction of sp³-hybridized carbons (Fsp3) is 0.500. The van der Waals surface area contributed by atoms with Gasteiger partial charge in [0.25, 0.3) is 0 Å². The van der Waals surface area contributed by atoms with E-state index in [0.717, 1.165) is 12.7 Å². The van der Waals surface area contributed by atoms with E-state index in [2.05, 4.69) is 32.1 Å². The van der Waals surface area contributed by atoms with Gasteiger partial charge in [-0.1, -0.05) is 37.6 Å². The van der Waals surface area contributed by atoms with Crippen molar-refractivity contribution in [1.29, 1.82) is 0 Å². The van der Waals surface area contributed by atoms with Crippen molar-refractivity contribution in [3.8, 4) is 0 Å². The topological polar surface area (TPSA) is 17.1 Å². The molecular formula is C10H14O. The van der Waals surface area contributed by atoms with Crippen LogP contribution in [0, 0.1) is 5.41 Å². The Balaban J connectivity index is 2.69. The summed E-state index contributed by atoms with van der Waals surface area (Å²) in [6.07, 6.45) is 9.01. The van der Waals surface area contributed by atoms with E-state index in [1.54, 1.807) is 0 Å². The van der Waals surface area contributed by atoms with Crippen molar-refractivity contribution in [2.45, 2.75) is 26.7 Å². The highest BCUT2D eigenvalue weighted by Gasteiger charge is 2.14. The van der Waals surface area contributed by atoms with E-state index < -0.39 is 0 Å². The number of rotatable bonds is 2. The van der Waals surface area contributed by atoms with Crippen LogP contribution in [0.3, 0.4) is 0 Å². The van der Waals surface area contributed by atoms with Crippen molar-refractivity contribution in [3.63, 3.8) is 0 Å². The highest BCUT2D eigenvalue weighted by atomic mass is 16.1. The zero-order valence-electron chi connectivity index (χ0n) is 7.13. The average Bonchev–Trinajstić information content (AvgIpc) is 1.85. The van der Waals surface area contributed by atoms with Gasteiger partial charge in [0.1, 0.15) is 6.29 Å². The van der Waals surface area contributed by atoms with Gasteiger partial charge in [-0.05, 0) is 6.42 Å². The zero-order chi connectivity index (χ0) is 8.32. The number of aldehydes is 1. The fourth-order valence-corrected chi connectivity index (χ4v) is 1.40. The molecular weight excluding hydrogens is 136 g/mol. The van der Waals surface area contributed by atoms with Crippen molar-refractivity contribution < 1.29 is 4.79 Å². The second kappa shape index (κ2) is 3.04. The Hall–Kier alpha value is -0.850.